The fourth-order valence-corrected chi connectivity index (χ4v) is 16.7. The summed E-state index contributed by atoms with van der Waals surface area (Å²) in [6.45, 7) is 2.33. The first-order chi connectivity index (χ1) is 30.0. The van der Waals surface area contributed by atoms with Crippen molar-refractivity contribution in [3.63, 3.8) is 0 Å². The van der Waals surface area contributed by atoms with Gasteiger partial charge in [-0.3, -0.25) is 0 Å². The maximum atomic E-state index is 2.48. The summed E-state index contributed by atoms with van der Waals surface area (Å²) in [4.78, 5) is 2.68. The molecule has 0 radical (unpaired) electrons. The van der Waals surface area contributed by atoms with Crippen LogP contribution in [0.5, 0.6) is 0 Å². The van der Waals surface area contributed by atoms with Crippen LogP contribution < -0.4 is 0 Å². The van der Waals surface area contributed by atoms with Gasteiger partial charge in [0.25, 0.3) is 0 Å². The highest BCUT2D eigenvalue weighted by Gasteiger charge is 2.20. The minimum Gasteiger partial charge on any atom is -0.135 e. The second kappa shape index (κ2) is 13.3. The first-order valence-corrected chi connectivity index (χ1v) is 25.5. The third-order valence-corrected chi connectivity index (χ3v) is 19.8. The smallest absolute Gasteiger partial charge is 0.0463 e. The molecule has 2 unspecified atom stereocenters. The lowest BCUT2D eigenvalue weighted by Gasteiger charge is -2.21. The van der Waals surface area contributed by atoms with Gasteiger partial charge in [0.05, 0.1) is 0 Å². The Kier molecular flexibility index (Phi) is 7.66. The molecule has 288 valence electrons. The fourth-order valence-electron chi connectivity index (χ4n) is 9.69. The highest BCUT2D eigenvalue weighted by molar-refractivity contribution is 7.31. The first kappa shape index (κ1) is 35.2. The van der Waals surface area contributed by atoms with Crippen LogP contribution in [0.15, 0.2) is 164 Å². The third-order valence-electron chi connectivity index (χ3n) is 12.8. The maximum absolute atomic E-state index is 2.48. The number of hydrogen-bond donors (Lipinski definition) is 0. The van der Waals surface area contributed by atoms with E-state index in [4.69, 9.17) is 0 Å². The molecule has 7 aromatic carbocycles. The summed E-state index contributed by atoms with van der Waals surface area (Å²) in [6, 6.07) is 53.7. The van der Waals surface area contributed by atoms with Crippen LogP contribution in [-0.4, -0.2) is 0 Å². The van der Waals surface area contributed by atoms with Crippen molar-refractivity contribution in [1.29, 1.82) is 0 Å². The van der Waals surface area contributed by atoms with E-state index in [0.29, 0.717) is 11.8 Å². The van der Waals surface area contributed by atoms with Crippen molar-refractivity contribution in [2.45, 2.75) is 12.8 Å². The van der Waals surface area contributed by atoms with Gasteiger partial charge in [-0.25, -0.2) is 0 Å². The normalized spacial score (nSPS) is 15.8. The van der Waals surface area contributed by atoms with Crippen molar-refractivity contribution >= 4 is 158 Å². The van der Waals surface area contributed by atoms with Crippen LogP contribution in [0.2, 0.25) is 0 Å². The van der Waals surface area contributed by atoms with Crippen molar-refractivity contribution in [2.24, 2.45) is 5.92 Å². The monoisotopic (exact) mass is 884 g/mol. The van der Waals surface area contributed by atoms with Gasteiger partial charge in [-0.15, -0.1) is 68.0 Å². The standard InChI is InChI=1S/C55H32S6/c1-29-7-5-6-10-35(29)32-12-16-45-37(20-32)41-24-43-39-22-34(14-18-47(39)59-53(43)28-51(41)57-45)49-26-55-54(61-49)25-48(60-55)33-13-17-46-38(21-33)42-23-40-36-19-31(30-8-3-2-4-9-30)11-15-44(36)56-50(40)27-52(42)58-46/h2-29,35H,1H3. The van der Waals surface area contributed by atoms with Gasteiger partial charge in [0.1, 0.15) is 0 Å². The molecule has 6 heterocycles. The largest absolute Gasteiger partial charge is 0.135 e. The lowest BCUT2D eigenvalue weighted by Crippen LogP contribution is -2.06. The molecule has 0 spiro atoms. The first-order valence-electron chi connectivity index (χ1n) is 20.6. The van der Waals surface area contributed by atoms with E-state index in [9.17, 15) is 0 Å². The van der Waals surface area contributed by atoms with Crippen LogP contribution in [0.25, 0.3) is 122 Å². The van der Waals surface area contributed by atoms with Gasteiger partial charge in [-0.05, 0) is 119 Å². The lowest BCUT2D eigenvalue weighted by atomic mass is 9.84. The summed E-state index contributed by atoms with van der Waals surface area (Å²) in [7, 11) is 0. The number of thiophene rings is 6. The third kappa shape index (κ3) is 5.50. The van der Waals surface area contributed by atoms with Crippen LogP contribution >= 0.6 is 68.0 Å². The molecule has 1 aliphatic rings. The molecule has 0 saturated heterocycles. The summed E-state index contributed by atoms with van der Waals surface area (Å²) in [5.41, 5.74) is 6.55. The molecular weight excluding hydrogens is 853 g/mol. The Hall–Kier alpha value is -5.44. The second-order valence-corrected chi connectivity index (χ2v) is 23.0. The van der Waals surface area contributed by atoms with Gasteiger partial charge in [0.15, 0.2) is 0 Å². The van der Waals surface area contributed by atoms with E-state index >= 15 is 0 Å². The highest BCUT2D eigenvalue weighted by atomic mass is 32.1. The van der Waals surface area contributed by atoms with Crippen molar-refractivity contribution in [1.82, 2.24) is 0 Å². The van der Waals surface area contributed by atoms with Crippen LogP contribution in [0, 0.1) is 5.92 Å². The Bertz CT molecular complexity index is 3990. The predicted molar refractivity (Wildman–Crippen MR) is 278 cm³/mol. The predicted octanol–water partition coefficient (Wildman–Crippen LogP) is 19.3. The SMILES string of the molecule is CC1C=CC=CC1c1ccc2sc3cc4sc5ccc(-c6cc7sc(-c8ccc9sc%10cc%11sc%12ccc(-c%13ccccc%13)cc%12c%11cc%10c9c8)cc7s6)cc5c4cc3c2c1. The van der Waals surface area contributed by atoms with Gasteiger partial charge in [-0.1, -0.05) is 85.8 Å². The number of benzene rings is 7. The zero-order valence-electron chi connectivity index (χ0n) is 32.7. The molecule has 14 rings (SSSR count). The summed E-state index contributed by atoms with van der Waals surface area (Å²) in [5, 5.41) is 10.9. The molecule has 0 amide bonds. The molecule has 61 heavy (non-hydrogen) atoms. The molecule has 6 aromatic heterocycles. The Balaban J connectivity index is 0.818. The molecule has 2 atom stereocenters. The van der Waals surface area contributed by atoms with E-state index in [1.807, 2.05) is 68.0 Å². The van der Waals surface area contributed by atoms with Crippen molar-refractivity contribution < 1.29 is 0 Å². The van der Waals surface area contributed by atoms with Crippen LogP contribution in [-0.2, 0) is 0 Å². The van der Waals surface area contributed by atoms with Gasteiger partial charge in [0.2, 0.25) is 0 Å². The molecule has 0 N–H and O–H groups in total. The topological polar surface area (TPSA) is 0 Å². The fraction of sp³-hybridized carbons (Fsp3) is 0.0545. The summed E-state index contributed by atoms with van der Waals surface area (Å²) < 4.78 is 13.6. The number of hydrogen-bond acceptors (Lipinski definition) is 6. The van der Waals surface area contributed by atoms with Gasteiger partial charge < -0.3 is 0 Å². The van der Waals surface area contributed by atoms with Crippen molar-refractivity contribution in [3.05, 3.63) is 169 Å². The summed E-state index contributed by atoms with van der Waals surface area (Å²) in [5.74, 6) is 0.928. The van der Waals surface area contributed by atoms with E-state index in [1.54, 1.807) is 0 Å². The Labute approximate surface area is 375 Å². The molecule has 6 heteroatoms. The highest BCUT2D eigenvalue weighted by Crippen LogP contribution is 2.48. The van der Waals surface area contributed by atoms with Crippen molar-refractivity contribution in [3.8, 4) is 32.0 Å². The Morgan fingerprint density at radius 3 is 1.28 bits per heavy atom. The molecule has 0 aliphatic heterocycles. The van der Waals surface area contributed by atoms with E-state index in [1.165, 1.54) is 128 Å². The average molecular weight is 885 g/mol. The van der Waals surface area contributed by atoms with Gasteiger partial charge >= 0.3 is 0 Å². The maximum Gasteiger partial charge on any atom is 0.0463 e. The minimum atomic E-state index is 0.424. The molecule has 1 aliphatic carbocycles. The molecule has 13 aromatic rings. The van der Waals surface area contributed by atoms with E-state index in [2.05, 4.69) is 171 Å². The minimum absolute atomic E-state index is 0.424. The zero-order chi connectivity index (χ0) is 39.9. The number of fused-ring (bicyclic) bond motifs is 13. The summed E-state index contributed by atoms with van der Waals surface area (Å²) >= 11 is 11.5. The quantitative estimate of drug-likeness (QED) is 0.165. The molecule has 0 nitrogen and oxygen atoms in total. The van der Waals surface area contributed by atoms with Crippen LogP contribution in [0.4, 0.5) is 0 Å². The molecular formula is C55H32S6. The average Bonchev–Trinajstić information content (AvgIpc) is 4.14. The van der Waals surface area contributed by atoms with Crippen LogP contribution in [0.3, 0.4) is 0 Å². The summed E-state index contributed by atoms with van der Waals surface area (Å²) in [6.07, 6.45) is 9.06. The number of rotatable bonds is 4. The Morgan fingerprint density at radius 1 is 0.311 bits per heavy atom. The lowest BCUT2D eigenvalue weighted by molar-refractivity contribution is 0.636. The van der Waals surface area contributed by atoms with Gasteiger partial charge in [-0.2, -0.15) is 0 Å². The number of allylic oxidation sites excluding steroid dienone is 4. The van der Waals surface area contributed by atoms with Crippen molar-refractivity contribution in [2.75, 3.05) is 0 Å². The molecule has 0 bridgehead atoms. The van der Waals surface area contributed by atoms with E-state index < -0.39 is 0 Å². The van der Waals surface area contributed by atoms with E-state index in [-0.39, 0.29) is 0 Å². The molecule has 0 fully saturated rings. The zero-order valence-corrected chi connectivity index (χ0v) is 37.6. The molecule has 0 saturated carbocycles. The second-order valence-electron chi connectivity index (χ2n) is 16.5. The Morgan fingerprint density at radius 2 is 0.754 bits per heavy atom. The van der Waals surface area contributed by atoms with Gasteiger partial charge in [0, 0.05) is 106 Å². The van der Waals surface area contributed by atoms with Crippen LogP contribution in [0.1, 0.15) is 18.4 Å². The van der Waals surface area contributed by atoms with E-state index in [0.717, 1.165) is 0 Å².